The summed E-state index contributed by atoms with van der Waals surface area (Å²) in [6.45, 7) is 5.52. The second kappa shape index (κ2) is 5.88. The maximum atomic E-state index is 12.7. The van der Waals surface area contributed by atoms with E-state index in [0.29, 0.717) is 12.2 Å². The fourth-order valence-corrected chi connectivity index (χ4v) is 2.10. The van der Waals surface area contributed by atoms with Crippen molar-refractivity contribution in [2.24, 2.45) is 7.05 Å². The van der Waals surface area contributed by atoms with Crippen LogP contribution in [0, 0.1) is 6.92 Å². The summed E-state index contributed by atoms with van der Waals surface area (Å²) in [5.41, 5.74) is 1.57. The van der Waals surface area contributed by atoms with Crippen LogP contribution in [-0.4, -0.2) is 19.6 Å². The molecule has 0 aliphatic heterocycles. The highest BCUT2D eigenvalue weighted by Crippen LogP contribution is 2.29. The Morgan fingerprint density at radius 2 is 1.95 bits per heavy atom. The van der Waals surface area contributed by atoms with Crippen molar-refractivity contribution in [2.45, 2.75) is 39.7 Å². The molecular weight excluding hydrogens is 283 g/mol. The van der Waals surface area contributed by atoms with Gasteiger partial charge in [0.15, 0.2) is 0 Å². The Bertz CT molecular complexity index is 612. The predicted molar refractivity (Wildman–Crippen MR) is 71.4 cm³/mol. The zero-order chi connectivity index (χ0) is 15.6. The van der Waals surface area contributed by atoms with Crippen LogP contribution in [-0.2, 0) is 32.9 Å². The molecule has 0 radical (unpaired) electrons. The van der Waals surface area contributed by atoms with Crippen molar-refractivity contribution < 1.29 is 13.2 Å². The quantitative estimate of drug-likeness (QED) is 0.921. The van der Waals surface area contributed by atoms with Crippen LogP contribution in [0.4, 0.5) is 13.2 Å². The van der Waals surface area contributed by atoms with Crippen molar-refractivity contribution in [1.82, 2.24) is 24.9 Å². The Morgan fingerprint density at radius 3 is 2.48 bits per heavy atom. The smallest absolute Gasteiger partial charge is 0.307 e. The maximum Gasteiger partial charge on any atom is 0.433 e. The second-order valence-electron chi connectivity index (χ2n) is 4.84. The molecule has 1 N–H and O–H groups in total. The van der Waals surface area contributed by atoms with Gasteiger partial charge in [0.05, 0.1) is 11.4 Å². The van der Waals surface area contributed by atoms with E-state index in [9.17, 15) is 13.2 Å². The van der Waals surface area contributed by atoms with Gasteiger partial charge in [-0.3, -0.25) is 9.36 Å². The number of hydrogen-bond donors (Lipinski definition) is 1. The number of rotatable bonds is 5. The van der Waals surface area contributed by atoms with Gasteiger partial charge in [-0.2, -0.15) is 23.4 Å². The van der Waals surface area contributed by atoms with E-state index in [2.05, 4.69) is 15.5 Å². The molecule has 0 atom stereocenters. The zero-order valence-corrected chi connectivity index (χ0v) is 12.2. The number of nitrogens with one attached hydrogen (secondary N) is 1. The first-order chi connectivity index (χ1) is 9.81. The van der Waals surface area contributed by atoms with Crippen molar-refractivity contribution >= 4 is 0 Å². The minimum absolute atomic E-state index is 0.278. The standard InChI is InChI=1S/C13H18F3N5/c1-4-21-8-10(9(2)18-21)6-17-7-11-5-12(13(14,15)16)20(3)19-11/h5,8,17H,4,6-7H2,1-3H3. The van der Waals surface area contributed by atoms with Crippen molar-refractivity contribution in [2.75, 3.05) is 0 Å². The van der Waals surface area contributed by atoms with Crippen LogP contribution in [0.5, 0.6) is 0 Å². The average molecular weight is 301 g/mol. The van der Waals surface area contributed by atoms with Gasteiger partial charge in [-0.15, -0.1) is 0 Å². The molecular formula is C13H18F3N5. The van der Waals surface area contributed by atoms with Gasteiger partial charge >= 0.3 is 6.18 Å². The van der Waals surface area contributed by atoms with Crippen molar-refractivity contribution in [1.29, 1.82) is 0 Å². The molecule has 0 saturated heterocycles. The van der Waals surface area contributed by atoms with Crippen LogP contribution < -0.4 is 5.32 Å². The first-order valence-corrected chi connectivity index (χ1v) is 6.65. The van der Waals surface area contributed by atoms with Gasteiger partial charge in [-0.05, 0) is 19.9 Å². The topological polar surface area (TPSA) is 47.7 Å². The van der Waals surface area contributed by atoms with Crippen LogP contribution in [0.3, 0.4) is 0 Å². The molecule has 0 bridgehead atoms. The van der Waals surface area contributed by atoms with Crippen LogP contribution in [0.25, 0.3) is 0 Å². The third-order valence-corrected chi connectivity index (χ3v) is 3.21. The summed E-state index contributed by atoms with van der Waals surface area (Å²) in [5, 5.41) is 11.3. The summed E-state index contributed by atoms with van der Waals surface area (Å²) in [6.07, 6.45) is -2.44. The molecule has 116 valence electrons. The van der Waals surface area contributed by atoms with Gasteiger partial charge in [0.2, 0.25) is 0 Å². The Labute approximate surface area is 120 Å². The minimum Gasteiger partial charge on any atom is -0.307 e. The van der Waals surface area contributed by atoms with E-state index in [-0.39, 0.29) is 6.54 Å². The van der Waals surface area contributed by atoms with Gasteiger partial charge in [0.1, 0.15) is 5.69 Å². The Morgan fingerprint density at radius 1 is 1.24 bits per heavy atom. The molecule has 2 heterocycles. The summed E-state index contributed by atoms with van der Waals surface area (Å²) >= 11 is 0. The first kappa shape index (κ1) is 15.6. The van der Waals surface area contributed by atoms with E-state index >= 15 is 0 Å². The largest absolute Gasteiger partial charge is 0.433 e. The number of aromatic nitrogens is 4. The molecule has 0 aliphatic carbocycles. The maximum absolute atomic E-state index is 12.7. The van der Waals surface area contributed by atoms with Crippen molar-refractivity contribution in [3.05, 3.63) is 34.9 Å². The normalized spacial score (nSPS) is 12.1. The summed E-state index contributed by atoms with van der Waals surface area (Å²) in [5.74, 6) is 0. The fraction of sp³-hybridized carbons (Fsp3) is 0.538. The predicted octanol–water partition coefficient (Wildman–Crippen LogP) is 2.25. The van der Waals surface area contributed by atoms with Crippen molar-refractivity contribution in [3.8, 4) is 0 Å². The van der Waals surface area contributed by atoms with Crippen LogP contribution in [0.1, 0.15) is 29.6 Å². The van der Waals surface area contributed by atoms with E-state index in [4.69, 9.17) is 0 Å². The Kier molecular flexibility index (Phi) is 4.36. The third kappa shape index (κ3) is 3.63. The molecule has 0 saturated carbocycles. The van der Waals surface area contributed by atoms with Gasteiger partial charge in [0.25, 0.3) is 0 Å². The summed E-state index contributed by atoms with van der Waals surface area (Å²) < 4.78 is 40.6. The van der Waals surface area contributed by atoms with Crippen molar-refractivity contribution in [3.63, 3.8) is 0 Å². The summed E-state index contributed by atoms with van der Waals surface area (Å²) in [4.78, 5) is 0. The summed E-state index contributed by atoms with van der Waals surface area (Å²) in [7, 11) is 1.29. The lowest BCUT2D eigenvalue weighted by atomic mass is 10.2. The molecule has 21 heavy (non-hydrogen) atoms. The van der Waals surface area contributed by atoms with E-state index < -0.39 is 11.9 Å². The van der Waals surface area contributed by atoms with Gasteiger partial charge in [-0.25, -0.2) is 0 Å². The molecule has 0 spiro atoms. The molecule has 0 unspecified atom stereocenters. The second-order valence-corrected chi connectivity index (χ2v) is 4.84. The average Bonchev–Trinajstić information content (AvgIpc) is 2.93. The van der Waals surface area contributed by atoms with Gasteiger partial charge in [0, 0.05) is 38.4 Å². The van der Waals surface area contributed by atoms with Crippen LogP contribution in [0.2, 0.25) is 0 Å². The first-order valence-electron chi connectivity index (χ1n) is 6.65. The number of hydrogen-bond acceptors (Lipinski definition) is 3. The van der Waals surface area contributed by atoms with Gasteiger partial charge < -0.3 is 5.32 Å². The minimum atomic E-state index is -4.38. The molecule has 2 rings (SSSR count). The highest BCUT2D eigenvalue weighted by atomic mass is 19.4. The molecule has 2 aromatic rings. The van der Waals surface area contributed by atoms with E-state index in [1.54, 1.807) is 0 Å². The van der Waals surface area contributed by atoms with E-state index in [1.165, 1.54) is 7.05 Å². The lowest BCUT2D eigenvalue weighted by Gasteiger charge is -2.04. The SMILES string of the molecule is CCn1cc(CNCc2cc(C(F)(F)F)n(C)n2)c(C)n1. The van der Waals surface area contributed by atoms with Crippen LogP contribution >= 0.6 is 0 Å². The van der Waals surface area contributed by atoms with Gasteiger partial charge in [-0.1, -0.05) is 0 Å². The molecule has 2 aromatic heterocycles. The Hall–Kier alpha value is -1.83. The van der Waals surface area contributed by atoms with Crippen LogP contribution in [0.15, 0.2) is 12.3 Å². The van der Waals surface area contributed by atoms with E-state index in [1.807, 2.05) is 24.7 Å². The molecule has 0 aromatic carbocycles. The number of alkyl halides is 3. The zero-order valence-electron chi connectivity index (χ0n) is 12.2. The number of aryl methyl sites for hydroxylation is 3. The fourth-order valence-electron chi connectivity index (χ4n) is 2.10. The Balaban J connectivity index is 1.96. The highest BCUT2D eigenvalue weighted by molar-refractivity contribution is 5.16. The summed E-state index contributed by atoms with van der Waals surface area (Å²) in [6, 6.07) is 1.06. The molecule has 0 amide bonds. The monoisotopic (exact) mass is 301 g/mol. The molecule has 0 aliphatic rings. The number of halogens is 3. The lowest BCUT2D eigenvalue weighted by molar-refractivity contribution is -0.143. The highest BCUT2D eigenvalue weighted by Gasteiger charge is 2.34. The third-order valence-electron chi connectivity index (χ3n) is 3.21. The number of nitrogens with zero attached hydrogens (tertiary/aromatic N) is 4. The lowest BCUT2D eigenvalue weighted by Crippen LogP contribution is -2.13. The molecule has 0 fully saturated rings. The molecule has 8 heteroatoms. The van der Waals surface area contributed by atoms with E-state index in [0.717, 1.165) is 28.6 Å². The molecule has 5 nitrogen and oxygen atoms in total.